The second-order valence-electron chi connectivity index (χ2n) is 5.90. The number of para-hydroxylation sites is 2. The van der Waals surface area contributed by atoms with Crippen molar-refractivity contribution in [2.75, 3.05) is 7.11 Å². The van der Waals surface area contributed by atoms with Crippen molar-refractivity contribution in [3.05, 3.63) is 70.7 Å². The quantitative estimate of drug-likeness (QED) is 0.437. The predicted octanol–water partition coefficient (Wildman–Crippen LogP) is 6.11. The summed E-state index contributed by atoms with van der Waals surface area (Å²) in [5.74, 6) is 1.31. The van der Waals surface area contributed by atoms with Crippen molar-refractivity contribution in [1.29, 1.82) is 0 Å². The van der Waals surface area contributed by atoms with Crippen molar-refractivity contribution in [1.82, 2.24) is 9.97 Å². The summed E-state index contributed by atoms with van der Waals surface area (Å²) in [6.45, 7) is 0. The van der Waals surface area contributed by atoms with Crippen LogP contribution in [-0.4, -0.2) is 22.2 Å². The number of aromatic nitrogens is 2. The summed E-state index contributed by atoms with van der Waals surface area (Å²) in [5, 5.41) is 12.1. The number of benzene rings is 3. The van der Waals surface area contributed by atoms with Crippen LogP contribution in [0.5, 0.6) is 23.1 Å². The zero-order valence-electron chi connectivity index (χ0n) is 14.7. The van der Waals surface area contributed by atoms with Crippen LogP contribution in [0.3, 0.4) is 0 Å². The number of nitrogens with zero attached hydrogens (tertiary/aromatic N) is 2. The molecule has 1 aromatic heterocycles. The van der Waals surface area contributed by atoms with Gasteiger partial charge in [0.2, 0.25) is 5.88 Å². The third-order valence-electron chi connectivity index (χ3n) is 4.13. The normalized spacial score (nSPS) is 10.8. The van der Waals surface area contributed by atoms with Gasteiger partial charge in [-0.3, -0.25) is 0 Å². The fourth-order valence-electron chi connectivity index (χ4n) is 2.78. The molecule has 7 heteroatoms. The zero-order chi connectivity index (χ0) is 19.7. The number of halogens is 2. The minimum absolute atomic E-state index is 0.0456. The van der Waals surface area contributed by atoms with Crippen LogP contribution < -0.4 is 9.47 Å². The molecule has 28 heavy (non-hydrogen) atoms. The van der Waals surface area contributed by atoms with Gasteiger partial charge in [0.25, 0.3) is 0 Å². The zero-order valence-corrected chi connectivity index (χ0v) is 16.2. The maximum Gasteiger partial charge on any atom is 0.230 e. The third-order valence-corrected chi connectivity index (χ3v) is 4.66. The van der Waals surface area contributed by atoms with Crippen LogP contribution in [0.15, 0.2) is 60.7 Å². The van der Waals surface area contributed by atoms with Gasteiger partial charge >= 0.3 is 0 Å². The van der Waals surface area contributed by atoms with Crippen LogP contribution in [0, 0.1) is 0 Å². The largest absolute Gasteiger partial charge is 0.504 e. The van der Waals surface area contributed by atoms with Crippen LogP contribution in [0.25, 0.3) is 22.3 Å². The number of phenolic OH excluding ortho intramolecular Hbond substituents is 1. The maximum absolute atomic E-state index is 10.5. The molecule has 0 bridgehead atoms. The molecule has 0 aliphatic heterocycles. The average Bonchev–Trinajstić information content (AvgIpc) is 2.70. The second-order valence-corrected chi connectivity index (χ2v) is 6.75. The van der Waals surface area contributed by atoms with Crippen molar-refractivity contribution < 1.29 is 14.6 Å². The summed E-state index contributed by atoms with van der Waals surface area (Å²) in [6, 6.07) is 17.5. The first-order chi connectivity index (χ1) is 13.6. The average molecular weight is 413 g/mol. The van der Waals surface area contributed by atoms with E-state index in [1.165, 1.54) is 7.11 Å². The van der Waals surface area contributed by atoms with E-state index in [4.69, 9.17) is 32.7 Å². The molecule has 0 aliphatic rings. The van der Waals surface area contributed by atoms with E-state index >= 15 is 0 Å². The predicted molar refractivity (Wildman–Crippen MR) is 110 cm³/mol. The molecule has 5 nitrogen and oxygen atoms in total. The molecule has 3 aromatic carbocycles. The number of hydrogen-bond acceptors (Lipinski definition) is 5. The fourth-order valence-corrected chi connectivity index (χ4v) is 3.22. The number of hydrogen-bond donors (Lipinski definition) is 1. The lowest BCUT2D eigenvalue weighted by molar-refractivity contribution is 0.374. The van der Waals surface area contributed by atoms with Crippen molar-refractivity contribution in [2.24, 2.45) is 0 Å². The summed E-state index contributed by atoms with van der Waals surface area (Å²) < 4.78 is 11.2. The summed E-state index contributed by atoms with van der Waals surface area (Å²) in [4.78, 5) is 9.09. The fraction of sp³-hybridized carbons (Fsp3) is 0.0476. The molecule has 140 valence electrons. The Labute approximate surface area is 171 Å². The Morgan fingerprint density at radius 3 is 2.50 bits per heavy atom. The molecule has 0 amide bonds. The van der Waals surface area contributed by atoms with E-state index in [-0.39, 0.29) is 5.75 Å². The first-order valence-electron chi connectivity index (χ1n) is 8.33. The van der Waals surface area contributed by atoms with Crippen molar-refractivity contribution in [3.63, 3.8) is 0 Å². The molecular weight excluding hydrogens is 399 g/mol. The van der Waals surface area contributed by atoms with Gasteiger partial charge in [-0.25, -0.2) is 4.98 Å². The van der Waals surface area contributed by atoms with E-state index < -0.39 is 0 Å². The summed E-state index contributed by atoms with van der Waals surface area (Å²) in [6.07, 6.45) is 0. The molecule has 0 atom stereocenters. The molecule has 0 fully saturated rings. The van der Waals surface area contributed by atoms with Crippen LogP contribution in [0.4, 0.5) is 0 Å². The van der Waals surface area contributed by atoms with E-state index in [0.717, 1.165) is 0 Å². The number of methoxy groups -OCH3 is 1. The number of ether oxygens (including phenoxy) is 2. The van der Waals surface area contributed by atoms with Gasteiger partial charge in [0.15, 0.2) is 17.3 Å². The van der Waals surface area contributed by atoms with Gasteiger partial charge in [0.1, 0.15) is 5.75 Å². The van der Waals surface area contributed by atoms with Crippen molar-refractivity contribution >= 4 is 34.1 Å². The van der Waals surface area contributed by atoms with Gasteiger partial charge in [-0.1, -0.05) is 41.4 Å². The van der Waals surface area contributed by atoms with Gasteiger partial charge in [0, 0.05) is 5.02 Å². The van der Waals surface area contributed by atoms with Crippen molar-refractivity contribution in [3.8, 4) is 34.5 Å². The monoisotopic (exact) mass is 412 g/mol. The smallest absolute Gasteiger partial charge is 0.230 e. The molecule has 4 aromatic rings. The van der Waals surface area contributed by atoms with E-state index in [9.17, 15) is 5.11 Å². The Morgan fingerprint density at radius 2 is 1.71 bits per heavy atom. The highest BCUT2D eigenvalue weighted by Gasteiger charge is 2.17. The Morgan fingerprint density at radius 1 is 0.893 bits per heavy atom. The Kier molecular flexibility index (Phi) is 4.94. The summed E-state index contributed by atoms with van der Waals surface area (Å²) >= 11 is 12.2. The third kappa shape index (κ3) is 3.42. The Bertz CT molecular complexity index is 1180. The van der Waals surface area contributed by atoms with Crippen molar-refractivity contribution in [2.45, 2.75) is 0 Å². The molecule has 0 spiro atoms. The topological polar surface area (TPSA) is 64.5 Å². The minimum Gasteiger partial charge on any atom is -0.504 e. The van der Waals surface area contributed by atoms with Crippen LogP contribution in [0.1, 0.15) is 0 Å². The van der Waals surface area contributed by atoms with Gasteiger partial charge in [-0.05, 0) is 42.5 Å². The maximum atomic E-state index is 10.5. The Balaban J connectivity index is 1.89. The van der Waals surface area contributed by atoms with Crippen LogP contribution in [0.2, 0.25) is 10.0 Å². The van der Waals surface area contributed by atoms with E-state index in [1.54, 1.807) is 36.4 Å². The van der Waals surface area contributed by atoms with E-state index in [1.807, 2.05) is 24.3 Å². The van der Waals surface area contributed by atoms with Crippen LogP contribution >= 0.6 is 23.2 Å². The number of aromatic hydroxyl groups is 1. The highest BCUT2D eigenvalue weighted by molar-refractivity contribution is 6.35. The molecule has 0 saturated heterocycles. The molecule has 0 saturated carbocycles. The van der Waals surface area contributed by atoms with E-state index in [0.29, 0.717) is 49.7 Å². The van der Waals surface area contributed by atoms with Crippen LogP contribution in [-0.2, 0) is 0 Å². The second kappa shape index (κ2) is 7.54. The molecule has 0 aliphatic carbocycles. The van der Waals surface area contributed by atoms with Gasteiger partial charge in [-0.15, -0.1) is 0 Å². The molecule has 4 rings (SSSR count). The van der Waals surface area contributed by atoms with Gasteiger partial charge < -0.3 is 14.6 Å². The first kappa shape index (κ1) is 18.3. The Hall–Kier alpha value is -3.02. The lowest BCUT2D eigenvalue weighted by Gasteiger charge is -2.12. The van der Waals surface area contributed by atoms with E-state index in [2.05, 4.69) is 9.97 Å². The summed E-state index contributed by atoms with van der Waals surface area (Å²) in [5.41, 5.74) is 1.09. The standard InChI is InChI=1S/C21H14Cl2N2O3/c1-27-18-8-4-6-14(19(18)26)20-24-16-7-3-2-5-13(16)21(25-20)28-17-10-9-12(22)11-15(17)23/h2-11,26H,1H3. The lowest BCUT2D eigenvalue weighted by Crippen LogP contribution is -1.97. The highest BCUT2D eigenvalue weighted by atomic mass is 35.5. The van der Waals surface area contributed by atoms with Gasteiger partial charge in [0.05, 0.1) is 28.6 Å². The number of fused-ring (bicyclic) bond motifs is 1. The van der Waals surface area contributed by atoms with Gasteiger partial charge in [-0.2, -0.15) is 4.98 Å². The lowest BCUT2D eigenvalue weighted by atomic mass is 10.1. The first-order valence-corrected chi connectivity index (χ1v) is 9.08. The molecule has 1 heterocycles. The summed E-state index contributed by atoms with van der Waals surface area (Å²) in [7, 11) is 1.48. The number of phenols is 1. The highest BCUT2D eigenvalue weighted by Crippen LogP contribution is 2.38. The SMILES string of the molecule is COc1cccc(-c2nc(Oc3ccc(Cl)cc3Cl)c3ccccc3n2)c1O. The molecule has 0 radical (unpaired) electrons. The minimum atomic E-state index is -0.0456. The molecule has 0 unspecified atom stereocenters. The molecule has 1 N–H and O–H groups in total. The molecular formula is C21H14Cl2N2O3. The number of rotatable bonds is 4.